The topological polar surface area (TPSA) is 37.3 Å². The molecule has 4 fully saturated rings. The smallest absolute Gasteiger partial charge is 0.393 e. The summed E-state index contributed by atoms with van der Waals surface area (Å²) in [5.41, 5.74) is -0.844. The van der Waals surface area contributed by atoms with Gasteiger partial charge in [-0.05, 0) is 84.5 Å². The Hall–Kier alpha value is -0.840. The number of halogens is 3. The summed E-state index contributed by atoms with van der Waals surface area (Å²) in [5, 5.41) is 10.6. The first-order valence-corrected chi connectivity index (χ1v) is 10.1. The fraction of sp³-hybridized carbons (Fsp3) is 0.857. The third-order valence-electron chi connectivity index (χ3n) is 9.53. The van der Waals surface area contributed by atoms with Crippen LogP contribution >= 0.6 is 0 Å². The minimum absolute atomic E-state index is 0.0222. The molecule has 5 aliphatic rings. The zero-order chi connectivity index (χ0) is 18.7. The second-order valence-corrected chi connectivity index (χ2v) is 10.1. The molecule has 5 rings (SSSR count). The Balaban J connectivity index is 1.60. The van der Waals surface area contributed by atoms with Gasteiger partial charge in [-0.3, -0.25) is 4.79 Å². The molecule has 0 aliphatic heterocycles. The van der Waals surface area contributed by atoms with Crippen molar-refractivity contribution in [3.63, 3.8) is 0 Å². The van der Waals surface area contributed by atoms with Crippen molar-refractivity contribution in [2.24, 2.45) is 34.0 Å². The van der Waals surface area contributed by atoms with Crippen molar-refractivity contribution in [3.8, 4) is 0 Å². The quantitative estimate of drug-likeness (QED) is 0.666. The highest BCUT2D eigenvalue weighted by molar-refractivity contribution is 5.98. The first-order valence-electron chi connectivity index (χ1n) is 10.1. The van der Waals surface area contributed by atoms with Gasteiger partial charge in [0.2, 0.25) is 0 Å². The highest BCUT2D eigenvalue weighted by Crippen LogP contribution is 2.82. The molecule has 4 saturated carbocycles. The third kappa shape index (κ3) is 1.77. The van der Waals surface area contributed by atoms with Crippen LogP contribution in [0.25, 0.3) is 0 Å². The number of aliphatic hydroxyl groups is 1. The van der Waals surface area contributed by atoms with Crippen LogP contribution in [0.3, 0.4) is 0 Å². The molecule has 0 aromatic carbocycles. The average molecular weight is 368 g/mol. The van der Waals surface area contributed by atoms with Crippen LogP contribution in [0, 0.1) is 34.0 Å². The van der Waals surface area contributed by atoms with E-state index in [-0.39, 0.29) is 29.3 Å². The predicted molar refractivity (Wildman–Crippen MR) is 90.1 cm³/mol. The minimum Gasteiger partial charge on any atom is -0.393 e. The van der Waals surface area contributed by atoms with Gasteiger partial charge in [-0.1, -0.05) is 13.8 Å². The van der Waals surface area contributed by atoms with Crippen molar-refractivity contribution in [1.82, 2.24) is 0 Å². The van der Waals surface area contributed by atoms with E-state index in [9.17, 15) is 23.1 Å². The number of carbonyl (C=O) groups is 1. The Morgan fingerprint density at radius 3 is 2.50 bits per heavy atom. The third-order valence-corrected chi connectivity index (χ3v) is 9.53. The molecule has 7 atom stereocenters. The fourth-order valence-corrected chi connectivity index (χ4v) is 8.25. The number of Topliss-reactive ketones (excluding diaryl/α,β-unsaturated/α-hetero) is 1. The van der Waals surface area contributed by atoms with Crippen molar-refractivity contribution in [2.75, 3.05) is 0 Å². The average Bonchev–Trinajstić information content (AvgIpc) is 3.20. The number of carbonyl (C=O) groups excluding carboxylic acids is 1. The van der Waals surface area contributed by atoms with Crippen LogP contribution in [-0.2, 0) is 4.79 Å². The summed E-state index contributed by atoms with van der Waals surface area (Å²) < 4.78 is 41.0. The van der Waals surface area contributed by atoms with Crippen LogP contribution in [0.5, 0.6) is 0 Å². The number of alkyl halides is 3. The van der Waals surface area contributed by atoms with Crippen LogP contribution in [0.4, 0.5) is 13.2 Å². The van der Waals surface area contributed by atoms with E-state index in [1.165, 1.54) is 0 Å². The zero-order valence-corrected chi connectivity index (χ0v) is 15.5. The molecule has 0 aromatic rings. The first-order chi connectivity index (χ1) is 12.1. The van der Waals surface area contributed by atoms with Crippen molar-refractivity contribution in [3.05, 3.63) is 11.1 Å². The lowest BCUT2D eigenvalue weighted by Crippen LogP contribution is -2.54. The van der Waals surface area contributed by atoms with Crippen LogP contribution < -0.4 is 0 Å². The summed E-state index contributed by atoms with van der Waals surface area (Å²) in [4.78, 5) is 12.1. The highest BCUT2D eigenvalue weighted by Gasteiger charge is 2.78. The molecule has 144 valence electrons. The van der Waals surface area contributed by atoms with Gasteiger partial charge in [0.25, 0.3) is 0 Å². The lowest BCUT2D eigenvalue weighted by Gasteiger charge is -2.59. The number of allylic oxidation sites excluding steroid dienone is 1. The molecule has 0 amide bonds. The van der Waals surface area contributed by atoms with Gasteiger partial charge in [0, 0.05) is 6.42 Å². The second-order valence-electron chi connectivity index (χ2n) is 10.1. The van der Waals surface area contributed by atoms with Crippen molar-refractivity contribution in [2.45, 2.75) is 77.5 Å². The zero-order valence-electron chi connectivity index (χ0n) is 15.5. The standard InChI is InChI=1S/C21H27F3O2/c1-18-7-6-15(25)17(21(22,23)24)14(18)4-3-13-12(18)5-8-19(2)16(26)9-11-10-20(11,13)19/h11-13,16,26H,3-10H2,1-2H3/t11-,12-,13+,16-,18+,19+,20+/m0/s1. The monoisotopic (exact) mass is 368 g/mol. The van der Waals surface area contributed by atoms with Crippen LogP contribution in [-0.4, -0.2) is 23.2 Å². The highest BCUT2D eigenvalue weighted by atomic mass is 19.4. The van der Waals surface area contributed by atoms with E-state index in [1.54, 1.807) is 0 Å². The SMILES string of the molecule is C[C@]12CCC(=O)C(C(F)(F)F)=C1CC[C@@H]1[C@@H]2CC[C@]2(C)[C@@H](O)C[C@H]3C[C@@]312. The summed E-state index contributed by atoms with van der Waals surface area (Å²) in [7, 11) is 0. The Kier molecular flexibility index (Phi) is 3.16. The Bertz CT molecular complexity index is 725. The van der Waals surface area contributed by atoms with Gasteiger partial charge < -0.3 is 5.11 Å². The van der Waals surface area contributed by atoms with E-state index >= 15 is 0 Å². The summed E-state index contributed by atoms with van der Waals surface area (Å²) >= 11 is 0. The maximum atomic E-state index is 13.7. The molecule has 0 unspecified atom stereocenters. The Morgan fingerprint density at radius 2 is 1.81 bits per heavy atom. The molecule has 0 saturated heterocycles. The molecule has 5 aliphatic carbocycles. The molecule has 1 N–H and O–H groups in total. The first kappa shape index (κ1) is 17.3. The van der Waals surface area contributed by atoms with Gasteiger partial charge in [-0.15, -0.1) is 0 Å². The van der Waals surface area contributed by atoms with E-state index < -0.39 is 22.9 Å². The number of ketones is 1. The molecular weight excluding hydrogens is 341 g/mol. The van der Waals surface area contributed by atoms with Crippen LogP contribution in [0.1, 0.15) is 65.2 Å². The maximum Gasteiger partial charge on any atom is 0.419 e. The summed E-state index contributed by atoms with van der Waals surface area (Å²) in [6.07, 6.45) is 0.735. The molecule has 0 radical (unpaired) electrons. The van der Waals surface area contributed by atoms with Crippen molar-refractivity contribution < 1.29 is 23.1 Å². The van der Waals surface area contributed by atoms with E-state index in [1.807, 2.05) is 6.92 Å². The van der Waals surface area contributed by atoms with Crippen molar-refractivity contribution in [1.29, 1.82) is 0 Å². The maximum absolute atomic E-state index is 13.7. The second kappa shape index (κ2) is 4.76. The van der Waals surface area contributed by atoms with Gasteiger partial charge in [-0.25, -0.2) is 0 Å². The number of hydrogen-bond donors (Lipinski definition) is 1. The van der Waals surface area contributed by atoms with E-state index in [0.29, 0.717) is 30.3 Å². The number of fused-ring (bicyclic) bond motifs is 3. The molecule has 0 heterocycles. The molecule has 2 nitrogen and oxygen atoms in total. The molecule has 1 spiro atoms. The fourth-order valence-electron chi connectivity index (χ4n) is 8.25. The number of rotatable bonds is 0. The lowest BCUT2D eigenvalue weighted by molar-refractivity contribution is -0.137. The molecule has 0 bridgehead atoms. The molecule has 5 heteroatoms. The van der Waals surface area contributed by atoms with Crippen LogP contribution in [0.2, 0.25) is 0 Å². The number of aliphatic hydroxyl groups excluding tert-OH is 1. The molecular formula is C21H27F3O2. The molecule has 26 heavy (non-hydrogen) atoms. The van der Waals surface area contributed by atoms with Gasteiger partial charge in [-0.2, -0.15) is 13.2 Å². The van der Waals surface area contributed by atoms with E-state index in [2.05, 4.69) is 6.92 Å². The predicted octanol–water partition coefficient (Wildman–Crippen LogP) is 4.81. The van der Waals surface area contributed by atoms with Crippen LogP contribution in [0.15, 0.2) is 11.1 Å². The largest absolute Gasteiger partial charge is 0.419 e. The number of hydrogen-bond acceptors (Lipinski definition) is 2. The normalized spacial score (nSPS) is 52.9. The minimum atomic E-state index is -4.53. The van der Waals surface area contributed by atoms with Gasteiger partial charge >= 0.3 is 6.18 Å². The van der Waals surface area contributed by atoms with E-state index in [4.69, 9.17) is 0 Å². The Morgan fingerprint density at radius 1 is 1.08 bits per heavy atom. The summed E-state index contributed by atoms with van der Waals surface area (Å²) in [5.74, 6) is 0.472. The van der Waals surface area contributed by atoms with E-state index in [0.717, 1.165) is 32.1 Å². The Labute approximate surface area is 152 Å². The van der Waals surface area contributed by atoms with Crippen molar-refractivity contribution >= 4 is 5.78 Å². The summed E-state index contributed by atoms with van der Waals surface area (Å²) in [6.45, 7) is 4.22. The van der Waals surface area contributed by atoms with Gasteiger partial charge in [0.1, 0.15) is 0 Å². The van der Waals surface area contributed by atoms with Gasteiger partial charge in [0.15, 0.2) is 5.78 Å². The van der Waals surface area contributed by atoms with Gasteiger partial charge in [0.05, 0.1) is 11.7 Å². The summed E-state index contributed by atoms with van der Waals surface area (Å²) in [6, 6.07) is 0. The molecule has 0 aromatic heterocycles. The lowest BCUT2D eigenvalue weighted by atomic mass is 9.45.